The van der Waals surface area contributed by atoms with E-state index < -0.39 is 0 Å². The number of aryl methyl sites for hydroxylation is 2. The maximum atomic E-state index is 6.48. The summed E-state index contributed by atoms with van der Waals surface area (Å²) in [5.41, 5.74) is 2.11. The minimum Gasteiger partial charge on any atom is -0.143 e. The van der Waals surface area contributed by atoms with E-state index in [0.29, 0.717) is 0 Å². The van der Waals surface area contributed by atoms with E-state index in [-0.39, 0.29) is 5.38 Å². The van der Waals surface area contributed by atoms with Gasteiger partial charge in [0.25, 0.3) is 0 Å². The van der Waals surface area contributed by atoms with Crippen LogP contribution in [0.5, 0.6) is 0 Å². The monoisotopic (exact) mass is 348 g/mol. The molecule has 0 spiro atoms. The molecule has 0 radical (unpaired) electrons. The Hall–Kier alpha value is -0.0200. The van der Waals surface area contributed by atoms with Crippen LogP contribution in [0.2, 0.25) is 5.02 Å². The summed E-state index contributed by atoms with van der Waals surface area (Å²) in [6.45, 7) is 4.09. The molecule has 0 amide bonds. The highest BCUT2D eigenvalue weighted by molar-refractivity contribution is 9.10. The Balaban J connectivity index is 2.39. The first kappa shape index (κ1) is 13.4. The first-order valence-corrected chi connectivity index (χ1v) is 7.57. The van der Waals surface area contributed by atoms with Crippen LogP contribution < -0.4 is 0 Å². The molecule has 0 aliphatic heterocycles. The summed E-state index contributed by atoms with van der Waals surface area (Å²) in [6, 6.07) is 8.04. The van der Waals surface area contributed by atoms with Crippen molar-refractivity contribution in [1.29, 1.82) is 0 Å². The molecule has 4 heteroatoms. The zero-order valence-electron chi connectivity index (χ0n) is 9.43. The second kappa shape index (κ2) is 5.31. The molecular weight excluding hydrogens is 339 g/mol. The number of halogens is 3. The third kappa shape index (κ3) is 2.87. The molecule has 0 nitrogen and oxygen atoms in total. The molecule has 0 bridgehead atoms. The van der Waals surface area contributed by atoms with Crippen molar-refractivity contribution in [2.24, 2.45) is 0 Å². The average molecular weight is 350 g/mol. The van der Waals surface area contributed by atoms with Gasteiger partial charge in [-0.25, -0.2) is 0 Å². The molecule has 17 heavy (non-hydrogen) atoms. The maximum Gasteiger partial charge on any atom is 0.0942 e. The average Bonchev–Trinajstić information content (AvgIpc) is 2.58. The van der Waals surface area contributed by atoms with Crippen LogP contribution in [0, 0.1) is 13.8 Å². The molecule has 0 aliphatic carbocycles. The summed E-state index contributed by atoms with van der Waals surface area (Å²) < 4.78 is 1.10. The van der Waals surface area contributed by atoms with E-state index >= 15 is 0 Å². The molecular formula is C13H11BrCl2S. The summed E-state index contributed by atoms with van der Waals surface area (Å²) in [5.74, 6) is 0. The lowest BCUT2D eigenvalue weighted by atomic mass is 10.1. The zero-order valence-corrected chi connectivity index (χ0v) is 13.3. The number of hydrogen-bond acceptors (Lipinski definition) is 1. The van der Waals surface area contributed by atoms with Crippen molar-refractivity contribution in [2.45, 2.75) is 19.2 Å². The molecule has 2 rings (SSSR count). The van der Waals surface area contributed by atoms with Crippen LogP contribution in [-0.4, -0.2) is 0 Å². The molecule has 0 saturated carbocycles. The molecule has 0 fully saturated rings. The van der Waals surface area contributed by atoms with Gasteiger partial charge in [-0.05, 0) is 53.0 Å². The highest BCUT2D eigenvalue weighted by atomic mass is 79.9. The lowest BCUT2D eigenvalue weighted by Crippen LogP contribution is -1.91. The molecule has 0 N–H and O–H groups in total. The van der Waals surface area contributed by atoms with Crippen LogP contribution in [0.15, 0.2) is 28.7 Å². The molecule has 1 aromatic heterocycles. The smallest absolute Gasteiger partial charge is 0.0942 e. The van der Waals surface area contributed by atoms with Crippen LogP contribution >= 0.6 is 50.5 Å². The van der Waals surface area contributed by atoms with Crippen LogP contribution in [0.4, 0.5) is 0 Å². The zero-order chi connectivity index (χ0) is 12.6. The summed E-state index contributed by atoms with van der Waals surface area (Å²) in [7, 11) is 0. The minimum absolute atomic E-state index is 0.182. The molecule has 0 aliphatic rings. The molecule has 2 aromatic rings. The summed E-state index contributed by atoms with van der Waals surface area (Å²) in [6.07, 6.45) is 0. The SMILES string of the molecule is Cc1ccc(C(Cl)c2cc(Br)c(C)s2)c(Cl)c1. The van der Waals surface area contributed by atoms with Gasteiger partial charge in [0.1, 0.15) is 0 Å². The molecule has 90 valence electrons. The van der Waals surface area contributed by atoms with Crippen molar-refractivity contribution in [2.75, 3.05) is 0 Å². The van der Waals surface area contributed by atoms with E-state index in [1.807, 2.05) is 25.1 Å². The van der Waals surface area contributed by atoms with Crippen LogP contribution in [0.25, 0.3) is 0 Å². The predicted molar refractivity (Wildman–Crippen MR) is 80.6 cm³/mol. The minimum atomic E-state index is -0.182. The van der Waals surface area contributed by atoms with Crippen LogP contribution in [0.3, 0.4) is 0 Å². The first-order valence-electron chi connectivity index (χ1n) is 5.15. The molecule has 1 unspecified atom stereocenters. The Bertz CT molecular complexity index is 529. The van der Waals surface area contributed by atoms with Gasteiger partial charge in [-0.3, -0.25) is 0 Å². The third-order valence-corrected chi connectivity index (χ3v) is 5.68. The van der Waals surface area contributed by atoms with Gasteiger partial charge in [-0.1, -0.05) is 23.7 Å². The van der Waals surface area contributed by atoms with Crippen molar-refractivity contribution >= 4 is 50.5 Å². The number of alkyl halides is 1. The van der Waals surface area contributed by atoms with Gasteiger partial charge in [-0.15, -0.1) is 22.9 Å². The second-order valence-corrected chi connectivity index (χ2v) is 6.93. The van der Waals surface area contributed by atoms with E-state index in [1.54, 1.807) is 11.3 Å². The van der Waals surface area contributed by atoms with Gasteiger partial charge in [0.15, 0.2) is 0 Å². The largest absolute Gasteiger partial charge is 0.143 e. The van der Waals surface area contributed by atoms with Gasteiger partial charge in [0, 0.05) is 19.2 Å². The van der Waals surface area contributed by atoms with Gasteiger partial charge in [-0.2, -0.15) is 0 Å². The Kier molecular flexibility index (Phi) is 4.19. The third-order valence-electron chi connectivity index (χ3n) is 2.56. The van der Waals surface area contributed by atoms with Crippen molar-refractivity contribution in [1.82, 2.24) is 0 Å². The summed E-state index contributed by atoms with van der Waals surface area (Å²) in [5, 5.41) is 0.547. The van der Waals surface area contributed by atoms with Crippen molar-refractivity contribution in [3.63, 3.8) is 0 Å². The summed E-state index contributed by atoms with van der Waals surface area (Å²) >= 11 is 17.9. The number of thiophene rings is 1. The summed E-state index contributed by atoms with van der Waals surface area (Å²) in [4.78, 5) is 2.34. The lowest BCUT2D eigenvalue weighted by molar-refractivity contribution is 1.18. The fourth-order valence-electron chi connectivity index (χ4n) is 1.60. The van der Waals surface area contributed by atoms with E-state index in [9.17, 15) is 0 Å². The number of hydrogen-bond donors (Lipinski definition) is 0. The van der Waals surface area contributed by atoms with E-state index in [1.165, 1.54) is 4.88 Å². The maximum absolute atomic E-state index is 6.48. The highest BCUT2D eigenvalue weighted by Crippen LogP contribution is 2.39. The standard InChI is InChI=1S/C13H11BrCl2S/c1-7-3-4-9(11(15)5-7)13(16)12-6-10(14)8(2)17-12/h3-6,13H,1-2H3. The van der Waals surface area contributed by atoms with Crippen molar-refractivity contribution in [3.05, 3.63) is 54.6 Å². The molecule has 0 saturated heterocycles. The fourth-order valence-corrected chi connectivity index (χ4v) is 3.94. The Labute approximate surface area is 124 Å². The number of rotatable bonds is 2. The Morgan fingerprint density at radius 1 is 1.24 bits per heavy atom. The molecule has 1 heterocycles. The van der Waals surface area contributed by atoms with Gasteiger partial charge < -0.3 is 0 Å². The van der Waals surface area contributed by atoms with Crippen molar-refractivity contribution < 1.29 is 0 Å². The quantitative estimate of drug-likeness (QED) is 0.574. The van der Waals surface area contributed by atoms with Crippen LogP contribution in [0.1, 0.15) is 26.3 Å². The van der Waals surface area contributed by atoms with Crippen LogP contribution in [-0.2, 0) is 0 Å². The van der Waals surface area contributed by atoms with Crippen molar-refractivity contribution in [3.8, 4) is 0 Å². The van der Waals surface area contributed by atoms with Gasteiger partial charge >= 0.3 is 0 Å². The highest BCUT2D eigenvalue weighted by Gasteiger charge is 2.17. The molecule has 1 aromatic carbocycles. The topological polar surface area (TPSA) is 0 Å². The van der Waals surface area contributed by atoms with Gasteiger partial charge in [0.2, 0.25) is 0 Å². The fraction of sp³-hybridized carbons (Fsp3) is 0.231. The normalized spacial score (nSPS) is 12.8. The van der Waals surface area contributed by atoms with E-state index in [0.717, 1.165) is 25.5 Å². The second-order valence-electron chi connectivity index (χ2n) is 3.94. The lowest BCUT2D eigenvalue weighted by Gasteiger charge is -2.10. The van der Waals surface area contributed by atoms with E-state index in [4.69, 9.17) is 23.2 Å². The number of benzene rings is 1. The Morgan fingerprint density at radius 2 is 1.94 bits per heavy atom. The predicted octanol–water partition coefficient (Wildman–Crippen LogP) is 6.11. The Morgan fingerprint density at radius 3 is 2.47 bits per heavy atom. The van der Waals surface area contributed by atoms with E-state index in [2.05, 4.69) is 28.9 Å². The van der Waals surface area contributed by atoms with Gasteiger partial charge in [0.05, 0.1) is 5.38 Å². The first-order chi connectivity index (χ1) is 7.99. The molecule has 1 atom stereocenters.